The van der Waals surface area contributed by atoms with E-state index >= 15 is 0 Å². The molecule has 0 unspecified atom stereocenters. The maximum Gasteiger partial charge on any atom is 0.159 e. The van der Waals surface area contributed by atoms with Crippen molar-refractivity contribution in [2.24, 2.45) is 0 Å². The molecule has 9 aromatic heterocycles. The van der Waals surface area contributed by atoms with Crippen molar-refractivity contribution in [3.05, 3.63) is 522 Å². The number of rotatable bonds is 11. The molecular weight excluding hydrogens is 1790 g/mol. The molecule has 9 heteroatoms. The second-order valence-corrected chi connectivity index (χ2v) is 38.4. The Morgan fingerprint density at radius 1 is 0.116 bits per heavy atom. The fourth-order valence-corrected chi connectivity index (χ4v) is 23.9. The van der Waals surface area contributed by atoms with Gasteiger partial charge >= 0.3 is 0 Å². The highest BCUT2D eigenvalue weighted by Gasteiger charge is 2.27. The van der Waals surface area contributed by atoms with Crippen molar-refractivity contribution >= 4 is 197 Å². The summed E-state index contributed by atoms with van der Waals surface area (Å²) < 4.78 is 34.7. The van der Waals surface area contributed by atoms with Crippen LogP contribution in [0.25, 0.3) is 286 Å². The van der Waals surface area contributed by atoms with Gasteiger partial charge in [-0.25, -0.2) is 0 Å². The van der Waals surface area contributed by atoms with E-state index in [1.54, 1.807) is 0 Å². The van der Waals surface area contributed by atoms with E-state index < -0.39 is 0 Å². The van der Waals surface area contributed by atoms with Crippen molar-refractivity contribution < 1.29 is 13.3 Å². The van der Waals surface area contributed by atoms with Crippen molar-refractivity contribution in [2.45, 2.75) is 0 Å². The molecule has 9 heterocycles. The molecule has 32 aromatic rings. The van der Waals surface area contributed by atoms with Gasteiger partial charge in [0.2, 0.25) is 0 Å². The van der Waals surface area contributed by atoms with Crippen molar-refractivity contribution in [3.8, 4) is 89.8 Å². The quantitative estimate of drug-likeness (QED) is 0.130. The first-order valence-corrected chi connectivity index (χ1v) is 50.2. The van der Waals surface area contributed by atoms with Gasteiger partial charge in [-0.2, -0.15) is 0 Å². The zero-order chi connectivity index (χ0) is 96.4. The van der Waals surface area contributed by atoms with Crippen molar-refractivity contribution in [3.63, 3.8) is 0 Å². The molecule has 0 spiro atoms. The lowest BCUT2D eigenvalue weighted by Gasteiger charge is -2.10. The smallest absolute Gasteiger partial charge is 0.159 e. The molecule has 147 heavy (non-hydrogen) atoms. The largest absolute Gasteiger partial charge is 0.455 e. The minimum atomic E-state index is 0.890. The number of hydrogen-bond donors (Lipinski definition) is 0. The van der Waals surface area contributed by atoms with E-state index in [2.05, 4.69) is 549 Å². The van der Waals surface area contributed by atoms with E-state index in [-0.39, 0.29) is 0 Å². The molecule has 0 aliphatic heterocycles. The third-order valence-electron chi connectivity index (χ3n) is 30.4. The molecule has 9 nitrogen and oxygen atoms in total. The fourth-order valence-electron chi connectivity index (χ4n) is 23.9. The molecule has 0 fully saturated rings. The van der Waals surface area contributed by atoms with Gasteiger partial charge in [-0.3, -0.25) is 0 Å². The Hall–Kier alpha value is -19.7. The summed E-state index contributed by atoms with van der Waals surface area (Å²) in [6.07, 6.45) is 0. The van der Waals surface area contributed by atoms with Gasteiger partial charge in [0.1, 0.15) is 27.9 Å². The summed E-state index contributed by atoms with van der Waals surface area (Å²) in [7, 11) is 0. The maximum atomic E-state index is 6.96. The van der Waals surface area contributed by atoms with Crippen molar-refractivity contribution in [1.82, 2.24) is 27.4 Å². The summed E-state index contributed by atoms with van der Waals surface area (Å²) in [6.45, 7) is 0. The van der Waals surface area contributed by atoms with E-state index in [0.29, 0.717) is 0 Å². The number of furan rings is 3. The number of hydrogen-bond acceptors (Lipinski definition) is 3. The van der Waals surface area contributed by atoms with Crippen LogP contribution >= 0.6 is 0 Å². The van der Waals surface area contributed by atoms with Crippen LogP contribution in [0.15, 0.2) is 535 Å². The number of benzene rings is 23. The second kappa shape index (κ2) is 33.5. The van der Waals surface area contributed by atoms with E-state index in [1.165, 1.54) is 148 Å². The lowest BCUT2D eigenvalue weighted by molar-refractivity contribution is 0.667. The predicted octanol–water partition coefficient (Wildman–Crippen LogP) is 37.7. The zero-order valence-electron chi connectivity index (χ0n) is 79.6. The van der Waals surface area contributed by atoms with Crippen LogP contribution in [0.1, 0.15) is 0 Å². The molecular formula is C138H86N6O3. The second-order valence-electron chi connectivity index (χ2n) is 38.4. The molecule has 0 saturated heterocycles. The van der Waals surface area contributed by atoms with Crippen LogP contribution in [0, 0.1) is 0 Å². The average molecular weight is 1880 g/mol. The Kier molecular flexibility index (Phi) is 18.9. The van der Waals surface area contributed by atoms with Crippen LogP contribution < -0.4 is 0 Å². The number of nitrogens with zero attached hydrogens (tertiary/aromatic N) is 6. The number of fused-ring (bicyclic) bond motifs is 27. The topological polar surface area (TPSA) is 69.0 Å². The van der Waals surface area contributed by atoms with Crippen LogP contribution in [-0.2, 0) is 0 Å². The van der Waals surface area contributed by atoms with Gasteiger partial charge in [0.15, 0.2) is 5.58 Å². The van der Waals surface area contributed by atoms with E-state index in [1.807, 2.05) is 0 Å². The van der Waals surface area contributed by atoms with Crippen LogP contribution in [0.4, 0.5) is 0 Å². The highest BCUT2D eigenvalue weighted by atomic mass is 16.3. The third-order valence-corrected chi connectivity index (χ3v) is 30.4. The first-order valence-electron chi connectivity index (χ1n) is 50.2. The molecule has 23 aromatic carbocycles. The molecule has 0 aliphatic rings. The summed E-state index contributed by atoms with van der Waals surface area (Å²) in [5, 5.41) is 21.6. The van der Waals surface area contributed by atoms with Crippen molar-refractivity contribution in [1.29, 1.82) is 0 Å². The molecule has 0 atom stereocenters. The van der Waals surface area contributed by atoms with Gasteiger partial charge < -0.3 is 40.7 Å². The van der Waals surface area contributed by atoms with Gasteiger partial charge in [-0.15, -0.1) is 0 Å². The summed E-state index contributed by atoms with van der Waals surface area (Å²) >= 11 is 0. The van der Waals surface area contributed by atoms with Crippen LogP contribution in [0.2, 0.25) is 0 Å². The molecule has 0 amide bonds. The first-order chi connectivity index (χ1) is 73.0. The number of para-hydroxylation sites is 17. The van der Waals surface area contributed by atoms with E-state index in [4.69, 9.17) is 13.3 Å². The first kappa shape index (κ1) is 83.1. The summed E-state index contributed by atoms with van der Waals surface area (Å²) in [5.74, 6) is 0. The predicted molar refractivity (Wildman–Crippen MR) is 614 cm³/mol. The lowest BCUT2D eigenvalue weighted by Crippen LogP contribution is -1.94. The third kappa shape index (κ3) is 13.1. The summed E-state index contributed by atoms with van der Waals surface area (Å²) in [4.78, 5) is 0. The van der Waals surface area contributed by atoms with Gasteiger partial charge in [0.05, 0.1) is 71.9 Å². The molecule has 0 bridgehead atoms. The van der Waals surface area contributed by atoms with Gasteiger partial charge in [-0.1, -0.05) is 346 Å². The average Bonchev–Trinajstić information content (AvgIpc) is 1.59. The Bertz CT molecular complexity index is 10700. The molecule has 0 saturated carbocycles. The normalized spacial score (nSPS) is 11.9. The van der Waals surface area contributed by atoms with E-state index in [0.717, 1.165) is 139 Å². The Labute approximate surface area is 842 Å². The zero-order valence-corrected chi connectivity index (χ0v) is 79.6. The van der Waals surface area contributed by atoms with Crippen molar-refractivity contribution in [2.75, 3.05) is 0 Å². The Morgan fingerprint density at radius 2 is 0.333 bits per heavy atom. The highest BCUT2D eigenvalue weighted by Crippen LogP contribution is 2.49. The number of aromatic nitrogens is 6. The minimum Gasteiger partial charge on any atom is -0.455 e. The maximum absolute atomic E-state index is 6.96. The summed E-state index contributed by atoms with van der Waals surface area (Å²) in [5.41, 5.74) is 37.8. The molecule has 0 N–H and O–H groups in total. The Morgan fingerprint density at radius 3 is 0.680 bits per heavy atom. The van der Waals surface area contributed by atoms with E-state index in [9.17, 15) is 0 Å². The molecule has 32 rings (SSSR count). The Balaban J connectivity index is 0.000000102. The SMILES string of the molecule is c1ccc(-n2c3ccccc3c3cc(-c4ccc5oc6c(-c7cccc(-n8c9ccccc9c9ccccc98)c7)cccc6c5c4)ccc32)cc1.c1ccc(-n2c3ccccc3c3cc(-c4cccc5c4oc4c(-c6ccc7c(c6)c6ccccc6n7-c6ccccc6)cccc45)ccc32)cc1.c1ccc(-n2c3ccccc3c3cc(-c4cccc5c4oc4c(-n6c7ccccc7c7ccccc76)cccc45)ccc32)cc1. The monoisotopic (exact) mass is 1870 g/mol. The van der Waals surface area contributed by atoms with Crippen LogP contribution in [-0.4, -0.2) is 27.4 Å². The molecule has 686 valence electrons. The lowest BCUT2D eigenvalue weighted by atomic mass is 9.98. The highest BCUT2D eigenvalue weighted by molar-refractivity contribution is 6.21. The minimum absolute atomic E-state index is 0.890. The van der Waals surface area contributed by atoms with Gasteiger partial charge in [0, 0.05) is 148 Å². The fraction of sp³-hybridized carbons (Fsp3) is 0. The van der Waals surface area contributed by atoms with Crippen LogP contribution in [0.5, 0.6) is 0 Å². The van der Waals surface area contributed by atoms with Crippen LogP contribution in [0.3, 0.4) is 0 Å². The molecule has 0 aliphatic carbocycles. The summed E-state index contributed by atoms with van der Waals surface area (Å²) in [6, 6.07) is 187. The van der Waals surface area contributed by atoms with Gasteiger partial charge in [-0.05, 0) is 209 Å². The molecule has 0 radical (unpaired) electrons. The van der Waals surface area contributed by atoms with Gasteiger partial charge in [0.25, 0.3) is 0 Å². The standard InChI is InChI=1S/2C48H30N2O.C42H26N2O/c1-3-13-33(14-4-1)49-43-23-9-7-17-37(43)41-29-31(25-27-45(41)49)35-19-11-21-39-40-22-12-20-36(48(40)51-47(35)39)32-26-28-46-42(30-32)38-18-8-10-24-44(38)50(46)34-15-5-2-6-16-34;1-2-13-34(14-3-1)49-45-23-9-6-18-39(45)41-29-31(24-26-46(41)49)32-25-27-47-42(30-32)40-20-11-19-36(48(40)51-47)33-12-10-15-35(28-33)50-43-21-7-4-16-37(43)38-17-5-8-22-44(38)50;1-2-12-28(13-3-1)43-36-20-7-6-16-32(36)35-26-27(24-25-39(35)43)29-17-10-18-33-34-19-11-23-40(42(34)45-41(29)33)44-37-21-8-4-14-30(37)31-15-5-9-22-38(31)44/h2*1-30H;1-26H.